The fourth-order valence-corrected chi connectivity index (χ4v) is 2.25. The number of thiazole rings is 1. The molecule has 1 N–H and O–H groups in total. The van der Waals surface area contributed by atoms with E-state index in [2.05, 4.69) is 26.2 Å². The highest BCUT2D eigenvalue weighted by atomic mass is 79.9. The van der Waals surface area contributed by atoms with E-state index < -0.39 is 17.5 Å². The van der Waals surface area contributed by atoms with Crippen LogP contribution in [0.5, 0.6) is 0 Å². The third-order valence-corrected chi connectivity index (χ3v) is 3.27. The normalized spacial score (nSPS) is 10.3. The van der Waals surface area contributed by atoms with Crippen molar-refractivity contribution in [2.24, 2.45) is 0 Å². The second-order valence-corrected chi connectivity index (χ2v) is 5.46. The van der Waals surface area contributed by atoms with Crippen LogP contribution in [0.2, 0.25) is 0 Å². The third-order valence-electron chi connectivity index (χ3n) is 1.87. The molecule has 2 rings (SSSR count). The van der Waals surface area contributed by atoms with Crippen LogP contribution in [0, 0.1) is 11.6 Å². The number of hydrogen-bond acceptors (Lipinski definition) is 3. The monoisotopic (exact) mass is 318 g/mol. The number of anilines is 1. The van der Waals surface area contributed by atoms with Crippen molar-refractivity contribution in [2.45, 2.75) is 0 Å². The van der Waals surface area contributed by atoms with Crippen LogP contribution < -0.4 is 5.32 Å². The number of nitrogens with one attached hydrogen (secondary N) is 1. The Morgan fingerprint density at radius 1 is 1.41 bits per heavy atom. The van der Waals surface area contributed by atoms with Crippen LogP contribution in [-0.4, -0.2) is 10.9 Å². The molecule has 0 spiro atoms. The molecular weight excluding hydrogens is 314 g/mol. The first-order valence-corrected chi connectivity index (χ1v) is 6.05. The van der Waals surface area contributed by atoms with Crippen LogP contribution >= 0.6 is 27.3 Å². The van der Waals surface area contributed by atoms with E-state index in [1.165, 1.54) is 17.5 Å². The highest BCUT2D eigenvalue weighted by Gasteiger charge is 2.13. The van der Waals surface area contributed by atoms with Crippen LogP contribution in [-0.2, 0) is 0 Å². The highest BCUT2D eigenvalue weighted by molar-refractivity contribution is 9.11. The molecule has 2 aromatic rings. The molecule has 88 valence electrons. The Kier molecular flexibility index (Phi) is 3.49. The Hall–Kier alpha value is -1.34. The fourth-order valence-electron chi connectivity index (χ4n) is 1.15. The summed E-state index contributed by atoms with van der Waals surface area (Å²) in [6.45, 7) is 0. The second kappa shape index (κ2) is 4.89. The van der Waals surface area contributed by atoms with Crippen LogP contribution in [0.1, 0.15) is 10.4 Å². The molecule has 3 nitrogen and oxygen atoms in total. The molecule has 1 aromatic heterocycles. The first-order chi connectivity index (χ1) is 8.06. The van der Waals surface area contributed by atoms with Crippen molar-refractivity contribution in [3.63, 3.8) is 0 Å². The van der Waals surface area contributed by atoms with Crippen molar-refractivity contribution >= 4 is 38.3 Å². The minimum Gasteiger partial charge on any atom is -0.298 e. The van der Waals surface area contributed by atoms with Gasteiger partial charge in [0.15, 0.2) is 5.13 Å². The van der Waals surface area contributed by atoms with Crippen molar-refractivity contribution in [1.82, 2.24) is 4.98 Å². The first kappa shape index (κ1) is 12.1. The van der Waals surface area contributed by atoms with Gasteiger partial charge in [-0.25, -0.2) is 13.8 Å². The van der Waals surface area contributed by atoms with E-state index in [1.807, 2.05) is 0 Å². The molecule has 0 aliphatic rings. The number of hydrogen-bond donors (Lipinski definition) is 1. The van der Waals surface area contributed by atoms with Crippen LogP contribution in [0.15, 0.2) is 28.2 Å². The van der Waals surface area contributed by atoms with E-state index in [1.54, 1.807) is 0 Å². The van der Waals surface area contributed by atoms with Gasteiger partial charge in [-0.2, -0.15) is 0 Å². The van der Waals surface area contributed by atoms with Crippen LogP contribution in [0.3, 0.4) is 0 Å². The summed E-state index contributed by atoms with van der Waals surface area (Å²) in [5, 5.41) is 2.75. The molecule has 0 aliphatic carbocycles. The van der Waals surface area contributed by atoms with E-state index in [4.69, 9.17) is 0 Å². The van der Waals surface area contributed by atoms with Gasteiger partial charge >= 0.3 is 0 Å². The quantitative estimate of drug-likeness (QED) is 0.921. The van der Waals surface area contributed by atoms with Gasteiger partial charge in [0.05, 0.1) is 15.5 Å². The van der Waals surface area contributed by atoms with Gasteiger partial charge in [-0.1, -0.05) is 11.3 Å². The summed E-state index contributed by atoms with van der Waals surface area (Å²) in [5.41, 5.74) is -0.224. The SMILES string of the molecule is O=C(Nc1ncc(Br)s1)c1ccc(F)cc1F. The lowest BCUT2D eigenvalue weighted by Crippen LogP contribution is -2.13. The molecule has 1 aromatic carbocycles. The maximum absolute atomic E-state index is 13.3. The van der Waals surface area contributed by atoms with Crippen LogP contribution in [0.25, 0.3) is 0 Å². The smallest absolute Gasteiger partial charge is 0.260 e. The molecule has 0 bridgehead atoms. The van der Waals surface area contributed by atoms with E-state index in [0.717, 1.165) is 15.9 Å². The average Bonchev–Trinajstić information content (AvgIpc) is 2.63. The molecule has 1 amide bonds. The molecular formula is C10H5BrF2N2OS. The van der Waals surface area contributed by atoms with Gasteiger partial charge in [0, 0.05) is 6.07 Å². The molecule has 0 aliphatic heterocycles. The van der Waals surface area contributed by atoms with Gasteiger partial charge in [0.1, 0.15) is 11.6 Å². The zero-order valence-corrected chi connectivity index (χ0v) is 10.6. The minimum atomic E-state index is -0.905. The lowest BCUT2D eigenvalue weighted by molar-refractivity contribution is 0.102. The molecule has 0 atom stereocenters. The van der Waals surface area contributed by atoms with Gasteiger partial charge in [0.25, 0.3) is 5.91 Å². The zero-order chi connectivity index (χ0) is 12.4. The number of carbonyl (C=O) groups is 1. The van der Waals surface area contributed by atoms with E-state index in [-0.39, 0.29) is 5.56 Å². The predicted octanol–water partition coefficient (Wildman–Crippen LogP) is 3.44. The molecule has 0 unspecified atom stereocenters. The second-order valence-electron chi connectivity index (χ2n) is 3.05. The molecule has 0 radical (unpaired) electrons. The Bertz CT molecular complexity index is 573. The number of carbonyl (C=O) groups excluding carboxylic acids is 1. The maximum Gasteiger partial charge on any atom is 0.260 e. The number of rotatable bonds is 2. The van der Waals surface area contributed by atoms with Crippen molar-refractivity contribution in [3.8, 4) is 0 Å². The lowest BCUT2D eigenvalue weighted by atomic mass is 10.2. The average molecular weight is 319 g/mol. The van der Waals surface area contributed by atoms with Crippen molar-refractivity contribution in [1.29, 1.82) is 0 Å². The number of halogens is 3. The molecule has 17 heavy (non-hydrogen) atoms. The summed E-state index contributed by atoms with van der Waals surface area (Å²) < 4.78 is 26.7. The van der Waals surface area contributed by atoms with Gasteiger partial charge in [-0.3, -0.25) is 10.1 Å². The van der Waals surface area contributed by atoms with Crippen LogP contribution in [0.4, 0.5) is 13.9 Å². The number of amides is 1. The minimum absolute atomic E-state index is 0.224. The maximum atomic E-state index is 13.3. The van der Waals surface area contributed by atoms with Crippen molar-refractivity contribution < 1.29 is 13.6 Å². The summed E-state index contributed by atoms with van der Waals surface area (Å²) in [6.07, 6.45) is 1.52. The van der Waals surface area contributed by atoms with Crippen molar-refractivity contribution in [2.75, 3.05) is 5.32 Å². The van der Waals surface area contributed by atoms with E-state index in [9.17, 15) is 13.6 Å². The molecule has 0 saturated heterocycles. The number of aromatic nitrogens is 1. The summed E-state index contributed by atoms with van der Waals surface area (Å²) in [5.74, 6) is -2.29. The highest BCUT2D eigenvalue weighted by Crippen LogP contribution is 2.23. The number of nitrogens with zero attached hydrogens (tertiary/aromatic N) is 1. The molecule has 7 heteroatoms. The topological polar surface area (TPSA) is 42.0 Å². The van der Waals surface area contributed by atoms with E-state index >= 15 is 0 Å². The molecule has 0 fully saturated rings. The Balaban J connectivity index is 2.20. The standard InChI is InChI=1S/C10H5BrF2N2OS/c11-8-4-14-10(17-8)15-9(16)6-2-1-5(12)3-7(6)13/h1-4H,(H,14,15,16). The lowest BCUT2D eigenvalue weighted by Gasteiger charge is -2.02. The summed E-state index contributed by atoms with van der Waals surface area (Å²) >= 11 is 4.38. The van der Waals surface area contributed by atoms with E-state index in [0.29, 0.717) is 11.2 Å². The van der Waals surface area contributed by atoms with Gasteiger partial charge < -0.3 is 0 Å². The number of benzene rings is 1. The Morgan fingerprint density at radius 2 is 2.18 bits per heavy atom. The molecule has 0 saturated carbocycles. The zero-order valence-electron chi connectivity index (χ0n) is 8.21. The summed E-state index contributed by atoms with van der Waals surface area (Å²) in [6, 6.07) is 2.77. The predicted molar refractivity (Wildman–Crippen MR) is 64.1 cm³/mol. The summed E-state index contributed by atoms with van der Waals surface area (Å²) in [7, 11) is 0. The largest absolute Gasteiger partial charge is 0.298 e. The summed E-state index contributed by atoms with van der Waals surface area (Å²) in [4.78, 5) is 15.5. The first-order valence-electron chi connectivity index (χ1n) is 4.44. The Labute approximate surface area is 108 Å². The van der Waals surface area contributed by atoms with Crippen molar-refractivity contribution in [3.05, 3.63) is 45.4 Å². The fraction of sp³-hybridized carbons (Fsp3) is 0. The van der Waals surface area contributed by atoms with Gasteiger partial charge in [-0.05, 0) is 28.1 Å². The third kappa shape index (κ3) is 2.86. The van der Waals surface area contributed by atoms with Gasteiger partial charge in [-0.15, -0.1) is 0 Å². The van der Waals surface area contributed by atoms with Gasteiger partial charge in [0.2, 0.25) is 0 Å². The Morgan fingerprint density at radius 3 is 2.76 bits per heavy atom. The molecule has 1 heterocycles.